The number of piperidine rings is 1. The van der Waals surface area contributed by atoms with Gasteiger partial charge < -0.3 is 24.2 Å². The van der Waals surface area contributed by atoms with Gasteiger partial charge in [-0.25, -0.2) is 0 Å². The maximum atomic E-state index is 10.6. The number of hydrogen-bond acceptors (Lipinski definition) is 5. The largest absolute Gasteiger partial charge is 0.504 e. The van der Waals surface area contributed by atoms with Crippen LogP contribution in [0.25, 0.3) is 0 Å². The van der Waals surface area contributed by atoms with Crippen LogP contribution in [0.3, 0.4) is 0 Å². The standard InChI is InChI=1S/C21H27NO4/c1-11-12(2)26-21(25-11)7-6-14-15-10-13-4-5-16(23)18-17(13)20(14,19(21)24-18)8-9-22(15)3/h4-5,11-12,14-15,19,23H,6-10H2,1-3H3/t11?,12?,14?,15-,19?,20+,21?/m1/s1. The molecule has 1 aromatic rings. The lowest BCUT2D eigenvalue weighted by molar-refractivity contribution is -0.270. The van der Waals surface area contributed by atoms with Crippen LogP contribution < -0.4 is 4.74 Å². The van der Waals surface area contributed by atoms with Crippen LogP contribution in [0, 0.1) is 5.92 Å². The van der Waals surface area contributed by atoms with Gasteiger partial charge in [0.2, 0.25) is 5.79 Å². The van der Waals surface area contributed by atoms with Gasteiger partial charge in [0.1, 0.15) is 0 Å². The summed E-state index contributed by atoms with van der Waals surface area (Å²) < 4.78 is 19.5. The van der Waals surface area contributed by atoms with Crippen molar-refractivity contribution in [3.05, 3.63) is 23.3 Å². The third-order valence-electron chi connectivity index (χ3n) is 8.03. The van der Waals surface area contributed by atoms with Crippen LogP contribution in [-0.2, 0) is 21.3 Å². The molecule has 5 nitrogen and oxygen atoms in total. The minimum atomic E-state index is -0.685. The van der Waals surface area contributed by atoms with Crippen molar-refractivity contribution in [3.63, 3.8) is 0 Å². The van der Waals surface area contributed by atoms with Crippen LogP contribution in [0.1, 0.15) is 44.2 Å². The number of phenols is 1. The molecule has 0 aromatic heterocycles. The number of nitrogens with zero attached hydrogens (tertiary/aromatic N) is 1. The van der Waals surface area contributed by atoms with E-state index in [1.807, 2.05) is 0 Å². The second-order valence-corrected chi connectivity index (χ2v) is 9.09. The first-order valence-corrected chi connectivity index (χ1v) is 10.0. The van der Waals surface area contributed by atoms with Gasteiger partial charge in [-0.15, -0.1) is 0 Å². The number of fused-ring (bicyclic) bond motifs is 1. The second kappa shape index (κ2) is 4.75. The monoisotopic (exact) mass is 357 g/mol. The number of aromatic hydroxyl groups is 1. The Bertz CT molecular complexity index is 784. The van der Waals surface area contributed by atoms with E-state index in [1.165, 1.54) is 11.1 Å². The molecule has 5 heteroatoms. The molecule has 2 aliphatic carbocycles. The van der Waals surface area contributed by atoms with E-state index in [-0.39, 0.29) is 29.5 Å². The Morgan fingerprint density at radius 1 is 1.15 bits per heavy atom. The lowest BCUT2D eigenvalue weighted by Crippen LogP contribution is -2.70. The zero-order valence-electron chi connectivity index (χ0n) is 15.7. The molecule has 1 saturated carbocycles. The van der Waals surface area contributed by atoms with Crippen LogP contribution in [0.5, 0.6) is 11.5 Å². The first-order valence-electron chi connectivity index (χ1n) is 10.0. The SMILES string of the molecule is CC1OC2(CCC3[C@H]4Cc5ccc(O)c6c5[C@@]3(CCN4C)C2O6)OC1C. The van der Waals surface area contributed by atoms with Crippen molar-refractivity contribution in [1.82, 2.24) is 4.90 Å². The molecule has 3 fully saturated rings. The predicted octanol–water partition coefficient (Wildman–Crippen LogP) is 2.58. The van der Waals surface area contributed by atoms with Crippen LogP contribution in [0.4, 0.5) is 0 Å². The summed E-state index contributed by atoms with van der Waals surface area (Å²) in [4.78, 5) is 2.53. The van der Waals surface area contributed by atoms with Crippen LogP contribution in [0.15, 0.2) is 12.1 Å². The van der Waals surface area contributed by atoms with E-state index in [9.17, 15) is 5.11 Å². The molecule has 5 aliphatic rings. The topological polar surface area (TPSA) is 51.2 Å². The summed E-state index contributed by atoms with van der Waals surface area (Å²) in [5, 5.41) is 10.6. The molecular weight excluding hydrogens is 330 g/mol. The first kappa shape index (κ1) is 15.7. The Morgan fingerprint density at radius 3 is 2.69 bits per heavy atom. The number of phenolic OH excluding ortho intramolecular Hbond substituents is 1. The molecule has 6 atom stereocenters. The fourth-order valence-corrected chi connectivity index (χ4v) is 6.80. The Hall–Kier alpha value is -1.30. The maximum absolute atomic E-state index is 10.6. The number of ether oxygens (including phenoxy) is 3. The molecule has 2 bridgehead atoms. The van der Waals surface area contributed by atoms with E-state index in [2.05, 4.69) is 31.9 Å². The molecule has 4 unspecified atom stereocenters. The Kier molecular flexibility index (Phi) is 2.87. The van der Waals surface area contributed by atoms with Gasteiger partial charge in [-0.1, -0.05) is 6.07 Å². The third-order valence-corrected chi connectivity index (χ3v) is 8.03. The van der Waals surface area contributed by atoms with Crippen LogP contribution >= 0.6 is 0 Å². The highest BCUT2D eigenvalue weighted by Gasteiger charge is 2.72. The van der Waals surface area contributed by atoms with Gasteiger partial charge in [-0.3, -0.25) is 0 Å². The van der Waals surface area contributed by atoms with Crippen molar-refractivity contribution >= 4 is 0 Å². The number of benzene rings is 1. The van der Waals surface area contributed by atoms with E-state index in [0.717, 1.165) is 32.2 Å². The van der Waals surface area contributed by atoms with Gasteiger partial charge in [-0.05, 0) is 64.3 Å². The van der Waals surface area contributed by atoms with Gasteiger partial charge in [0.05, 0.1) is 12.2 Å². The highest BCUT2D eigenvalue weighted by molar-refractivity contribution is 5.61. The Balaban J connectivity index is 1.58. The van der Waals surface area contributed by atoms with E-state index < -0.39 is 5.79 Å². The molecule has 0 radical (unpaired) electrons. The minimum Gasteiger partial charge on any atom is -0.504 e. The summed E-state index contributed by atoms with van der Waals surface area (Å²) in [6.07, 6.45) is 4.00. The smallest absolute Gasteiger partial charge is 0.207 e. The summed E-state index contributed by atoms with van der Waals surface area (Å²) in [5.41, 5.74) is 2.50. The summed E-state index contributed by atoms with van der Waals surface area (Å²) in [6, 6.07) is 4.44. The molecule has 3 aliphatic heterocycles. The molecule has 2 spiro atoms. The van der Waals surface area contributed by atoms with Gasteiger partial charge >= 0.3 is 0 Å². The summed E-state index contributed by atoms with van der Waals surface area (Å²) in [5.74, 6) is 0.806. The molecule has 0 amide bonds. The van der Waals surface area contributed by atoms with Crippen molar-refractivity contribution in [2.45, 2.75) is 75.1 Å². The highest BCUT2D eigenvalue weighted by atomic mass is 16.8. The third kappa shape index (κ3) is 1.60. The summed E-state index contributed by atoms with van der Waals surface area (Å²) >= 11 is 0. The second-order valence-electron chi connectivity index (χ2n) is 9.09. The zero-order valence-corrected chi connectivity index (χ0v) is 15.7. The van der Waals surface area contributed by atoms with Gasteiger partial charge in [0, 0.05) is 23.4 Å². The fraction of sp³-hybridized carbons (Fsp3) is 0.714. The Morgan fingerprint density at radius 2 is 1.92 bits per heavy atom. The molecule has 140 valence electrons. The van der Waals surface area contributed by atoms with E-state index in [0.29, 0.717) is 17.7 Å². The van der Waals surface area contributed by atoms with Gasteiger partial charge in [0.15, 0.2) is 17.6 Å². The molecule has 1 N–H and O–H groups in total. The van der Waals surface area contributed by atoms with Crippen molar-refractivity contribution in [2.24, 2.45) is 5.92 Å². The molecule has 26 heavy (non-hydrogen) atoms. The maximum Gasteiger partial charge on any atom is 0.207 e. The quantitative estimate of drug-likeness (QED) is 0.773. The van der Waals surface area contributed by atoms with Crippen molar-refractivity contribution in [3.8, 4) is 11.5 Å². The predicted molar refractivity (Wildman–Crippen MR) is 95.5 cm³/mol. The van der Waals surface area contributed by atoms with E-state index in [1.54, 1.807) is 6.07 Å². The number of likely N-dealkylation sites (N-methyl/N-ethyl adjacent to an activating group) is 1. The zero-order chi connectivity index (χ0) is 17.8. The molecule has 3 heterocycles. The molecule has 2 saturated heterocycles. The normalized spacial score (nSPS) is 48.5. The first-order chi connectivity index (χ1) is 12.5. The van der Waals surface area contributed by atoms with Crippen molar-refractivity contribution in [2.75, 3.05) is 13.6 Å². The van der Waals surface area contributed by atoms with E-state index >= 15 is 0 Å². The number of likely N-dealkylation sites (tertiary alicyclic amines) is 1. The van der Waals surface area contributed by atoms with Crippen molar-refractivity contribution in [1.29, 1.82) is 0 Å². The lowest BCUT2D eigenvalue weighted by Gasteiger charge is -2.60. The lowest BCUT2D eigenvalue weighted by atomic mass is 9.50. The average molecular weight is 357 g/mol. The minimum absolute atomic E-state index is 0.0639. The van der Waals surface area contributed by atoms with Crippen molar-refractivity contribution < 1.29 is 19.3 Å². The molecule has 1 aromatic carbocycles. The fourth-order valence-electron chi connectivity index (χ4n) is 6.80. The van der Waals surface area contributed by atoms with Gasteiger partial charge in [0.25, 0.3) is 0 Å². The van der Waals surface area contributed by atoms with Gasteiger partial charge in [-0.2, -0.15) is 0 Å². The van der Waals surface area contributed by atoms with Crippen LogP contribution in [-0.4, -0.2) is 53.7 Å². The summed E-state index contributed by atoms with van der Waals surface area (Å²) in [6.45, 7) is 5.23. The van der Waals surface area contributed by atoms with Crippen LogP contribution in [0.2, 0.25) is 0 Å². The molecule has 6 rings (SSSR count). The highest BCUT2D eigenvalue weighted by Crippen LogP contribution is 2.66. The number of rotatable bonds is 0. The molecular formula is C21H27NO4. The number of hydrogen-bond donors (Lipinski definition) is 1. The Labute approximate surface area is 154 Å². The summed E-state index contributed by atoms with van der Waals surface area (Å²) in [7, 11) is 2.26. The van der Waals surface area contributed by atoms with E-state index in [4.69, 9.17) is 14.2 Å². The average Bonchev–Trinajstić information content (AvgIpc) is 3.11.